The number of halogens is 1. The third-order valence-electron chi connectivity index (χ3n) is 3.86. The molecule has 0 aliphatic carbocycles. The predicted octanol–water partition coefficient (Wildman–Crippen LogP) is 4.68. The van der Waals surface area contributed by atoms with Gasteiger partial charge in [0.05, 0.1) is 11.3 Å². The lowest BCUT2D eigenvalue weighted by Crippen LogP contribution is -2.34. The maximum absolute atomic E-state index is 12.7. The highest BCUT2D eigenvalue weighted by Crippen LogP contribution is 2.24. The van der Waals surface area contributed by atoms with Crippen molar-refractivity contribution in [3.63, 3.8) is 0 Å². The molecule has 3 aromatic rings. The summed E-state index contributed by atoms with van der Waals surface area (Å²) in [6, 6.07) is 13.0. The molecule has 0 saturated heterocycles. The fraction of sp³-hybridized carbons (Fsp3) is 0.250. The molecule has 5 nitrogen and oxygen atoms in total. The number of thioether (sulfide) groups is 1. The first kappa shape index (κ1) is 19.5. The maximum atomic E-state index is 12.7. The molecular formula is C20H20ClN3O2S. The van der Waals surface area contributed by atoms with E-state index in [0.29, 0.717) is 27.8 Å². The van der Waals surface area contributed by atoms with Crippen LogP contribution in [0.4, 0.5) is 0 Å². The highest BCUT2D eigenvalue weighted by molar-refractivity contribution is 7.98. The number of hydrogen-bond acceptors (Lipinski definition) is 5. The van der Waals surface area contributed by atoms with E-state index in [0.717, 1.165) is 17.0 Å². The van der Waals surface area contributed by atoms with E-state index in [1.807, 2.05) is 44.2 Å². The Morgan fingerprint density at radius 3 is 2.89 bits per heavy atom. The minimum atomic E-state index is -0.142. The summed E-state index contributed by atoms with van der Waals surface area (Å²) in [5, 5.41) is 8.38. The van der Waals surface area contributed by atoms with E-state index >= 15 is 0 Å². The van der Waals surface area contributed by atoms with E-state index in [-0.39, 0.29) is 11.9 Å². The molecule has 0 saturated carbocycles. The molecule has 1 amide bonds. The minimum Gasteiger partial charge on any atom is -0.361 e. The zero-order chi connectivity index (χ0) is 19.2. The summed E-state index contributed by atoms with van der Waals surface area (Å²) >= 11 is 7.49. The molecule has 140 valence electrons. The van der Waals surface area contributed by atoms with Crippen molar-refractivity contribution >= 4 is 29.3 Å². The summed E-state index contributed by atoms with van der Waals surface area (Å²) in [5.74, 6) is 1.21. The lowest BCUT2D eigenvalue weighted by atomic mass is 10.1. The van der Waals surface area contributed by atoms with Gasteiger partial charge in [-0.3, -0.25) is 4.79 Å². The minimum absolute atomic E-state index is 0.0350. The Balaban J connectivity index is 1.63. The Morgan fingerprint density at radius 1 is 1.30 bits per heavy atom. The largest absolute Gasteiger partial charge is 0.361 e. The van der Waals surface area contributed by atoms with E-state index in [9.17, 15) is 4.79 Å². The van der Waals surface area contributed by atoms with Crippen LogP contribution < -0.4 is 5.32 Å². The van der Waals surface area contributed by atoms with E-state index in [1.165, 1.54) is 11.8 Å². The Hall–Kier alpha value is -2.31. The number of nitrogens with one attached hydrogen (secondary N) is 1. The topological polar surface area (TPSA) is 68.0 Å². The van der Waals surface area contributed by atoms with Crippen molar-refractivity contribution in [1.82, 2.24) is 15.5 Å². The molecule has 7 heteroatoms. The number of benzene rings is 1. The van der Waals surface area contributed by atoms with Gasteiger partial charge in [0.1, 0.15) is 10.8 Å². The van der Waals surface area contributed by atoms with Gasteiger partial charge in [0.2, 0.25) is 0 Å². The van der Waals surface area contributed by atoms with Crippen molar-refractivity contribution in [3.05, 3.63) is 76.3 Å². The van der Waals surface area contributed by atoms with Gasteiger partial charge in [0, 0.05) is 29.1 Å². The number of nitrogens with zero attached hydrogens (tertiary/aromatic N) is 2. The first-order valence-corrected chi connectivity index (χ1v) is 9.93. The molecule has 1 aromatic carbocycles. The number of aromatic nitrogens is 2. The van der Waals surface area contributed by atoms with Crippen LogP contribution in [0.3, 0.4) is 0 Å². The molecule has 0 fully saturated rings. The Bertz CT molecular complexity index is 929. The average Bonchev–Trinajstić information content (AvgIpc) is 3.05. The molecule has 0 spiro atoms. The molecule has 1 N–H and O–H groups in total. The van der Waals surface area contributed by atoms with Crippen LogP contribution in [0.2, 0.25) is 5.02 Å². The summed E-state index contributed by atoms with van der Waals surface area (Å²) in [6.45, 7) is 3.82. The number of pyridine rings is 1. The van der Waals surface area contributed by atoms with Crippen LogP contribution >= 0.6 is 23.4 Å². The van der Waals surface area contributed by atoms with Gasteiger partial charge < -0.3 is 9.84 Å². The first-order valence-electron chi connectivity index (χ1n) is 8.56. The van der Waals surface area contributed by atoms with Gasteiger partial charge >= 0.3 is 0 Å². The molecule has 0 radical (unpaired) electrons. The van der Waals surface area contributed by atoms with Gasteiger partial charge in [-0.25, -0.2) is 4.98 Å². The lowest BCUT2D eigenvalue weighted by Gasteiger charge is -2.15. The van der Waals surface area contributed by atoms with E-state index in [2.05, 4.69) is 15.5 Å². The van der Waals surface area contributed by atoms with Crippen LogP contribution in [-0.4, -0.2) is 22.1 Å². The zero-order valence-electron chi connectivity index (χ0n) is 15.1. The number of carbonyl (C=O) groups is 1. The third kappa shape index (κ3) is 5.58. The average molecular weight is 402 g/mol. The second-order valence-corrected chi connectivity index (χ2v) is 7.68. The molecule has 2 heterocycles. The van der Waals surface area contributed by atoms with Crippen LogP contribution in [0.15, 0.2) is 58.2 Å². The third-order valence-corrected chi connectivity index (χ3v) is 5.13. The number of hydrogen-bond donors (Lipinski definition) is 1. The molecule has 1 atom stereocenters. The molecule has 0 bridgehead atoms. The highest BCUT2D eigenvalue weighted by atomic mass is 35.5. The van der Waals surface area contributed by atoms with Gasteiger partial charge in [-0.15, -0.1) is 0 Å². The molecule has 0 aliphatic heterocycles. The molecule has 2 aromatic heterocycles. The second-order valence-electron chi connectivity index (χ2n) is 6.28. The Kier molecular flexibility index (Phi) is 6.53. The van der Waals surface area contributed by atoms with Crippen molar-refractivity contribution in [1.29, 1.82) is 0 Å². The quantitative estimate of drug-likeness (QED) is 0.582. The summed E-state index contributed by atoms with van der Waals surface area (Å²) in [7, 11) is 0. The zero-order valence-corrected chi connectivity index (χ0v) is 16.7. The number of aryl methyl sites for hydroxylation is 1. The lowest BCUT2D eigenvalue weighted by molar-refractivity contribution is 0.0936. The van der Waals surface area contributed by atoms with Gasteiger partial charge in [-0.05, 0) is 50.1 Å². The highest BCUT2D eigenvalue weighted by Gasteiger charge is 2.16. The molecule has 1 unspecified atom stereocenters. The van der Waals surface area contributed by atoms with Gasteiger partial charge in [0.15, 0.2) is 0 Å². The molecule has 3 rings (SSSR count). The van der Waals surface area contributed by atoms with Gasteiger partial charge in [0.25, 0.3) is 5.91 Å². The van der Waals surface area contributed by atoms with E-state index in [4.69, 9.17) is 16.1 Å². The normalized spacial score (nSPS) is 12.0. The first-order chi connectivity index (χ1) is 13.0. The fourth-order valence-corrected chi connectivity index (χ4v) is 3.76. The maximum Gasteiger partial charge on any atom is 0.254 e. The molecule has 0 aliphatic rings. The number of amides is 1. The summed E-state index contributed by atoms with van der Waals surface area (Å²) in [6.07, 6.45) is 2.38. The number of carbonyl (C=O) groups excluding carboxylic acids is 1. The van der Waals surface area contributed by atoms with Gasteiger partial charge in [-0.1, -0.05) is 40.7 Å². The summed E-state index contributed by atoms with van der Waals surface area (Å²) in [5.41, 5.74) is 2.46. The monoisotopic (exact) mass is 401 g/mol. The Morgan fingerprint density at radius 2 is 2.15 bits per heavy atom. The van der Waals surface area contributed by atoms with Crippen LogP contribution in [0.5, 0.6) is 0 Å². The van der Waals surface area contributed by atoms with Crippen LogP contribution in [0, 0.1) is 6.92 Å². The van der Waals surface area contributed by atoms with E-state index < -0.39 is 0 Å². The standard InChI is InChI=1S/C20H20ClN3O2S/c1-13(9-15-5-3-6-16(21)11-15)23-19(25)18-7-4-8-22-20(18)27-12-17-10-14(2)26-24-17/h3-8,10-11,13H,9,12H2,1-2H3,(H,23,25). The van der Waals surface area contributed by atoms with Crippen molar-refractivity contribution in [2.45, 2.75) is 37.1 Å². The van der Waals surface area contributed by atoms with Gasteiger partial charge in [-0.2, -0.15) is 0 Å². The SMILES string of the molecule is Cc1cc(CSc2ncccc2C(=O)NC(C)Cc2cccc(Cl)c2)no1. The van der Waals surface area contributed by atoms with Crippen molar-refractivity contribution in [3.8, 4) is 0 Å². The molecule has 27 heavy (non-hydrogen) atoms. The van der Waals surface area contributed by atoms with Crippen molar-refractivity contribution in [2.24, 2.45) is 0 Å². The van der Waals surface area contributed by atoms with Crippen LogP contribution in [0.25, 0.3) is 0 Å². The predicted molar refractivity (Wildman–Crippen MR) is 107 cm³/mol. The molecular weight excluding hydrogens is 382 g/mol. The number of rotatable bonds is 7. The summed E-state index contributed by atoms with van der Waals surface area (Å²) < 4.78 is 5.08. The Labute approximate surface area is 167 Å². The van der Waals surface area contributed by atoms with E-state index in [1.54, 1.807) is 18.3 Å². The smallest absolute Gasteiger partial charge is 0.254 e. The van der Waals surface area contributed by atoms with Crippen molar-refractivity contribution < 1.29 is 9.32 Å². The second kappa shape index (κ2) is 9.06. The van der Waals surface area contributed by atoms with Crippen LogP contribution in [-0.2, 0) is 12.2 Å². The van der Waals surface area contributed by atoms with Crippen molar-refractivity contribution in [2.75, 3.05) is 0 Å². The van der Waals surface area contributed by atoms with Crippen LogP contribution in [0.1, 0.15) is 34.3 Å². The fourth-order valence-electron chi connectivity index (χ4n) is 2.68. The summed E-state index contributed by atoms with van der Waals surface area (Å²) in [4.78, 5) is 17.1.